The third-order valence-corrected chi connectivity index (χ3v) is 2.92. The molecule has 1 heterocycles. The molecule has 1 aromatic carbocycles. The fourth-order valence-corrected chi connectivity index (χ4v) is 1.94. The van der Waals surface area contributed by atoms with Crippen molar-refractivity contribution in [2.24, 2.45) is 11.8 Å². The summed E-state index contributed by atoms with van der Waals surface area (Å²) in [6.07, 6.45) is 5.28. The summed E-state index contributed by atoms with van der Waals surface area (Å²) in [6, 6.07) is 7.90. The van der Waals surface area contributed by atoms with Crippen LogP contribution in [0.3, 0.4) is 0 Å². The fourth-order valence-electron chi connectivity index (χ4n) is 1.94. The molecule has 1 aliphatic carbocycles. The second-order valence-corrected chi connectivity index (χ2v) is 3.94. The van der Waals surface area contributed by atoms with E-state index in [1.165, 1.54) is 0 Å². The fraction of sp³-hybridized carbons (Fsp3) is 0.250. The summed E-state index contributed by atoms with van der Waals surface area (Å²) in [5.41, 5.74) is 2.03. The topological polar surface area (TPSA) is 29.1 Å². The summed E-state index contributed by atoms with van der Waals surface area (Å²) >= 11 is 0. The minimum Gasteiger partial charge on any atom is -0.325 e. The summed E-state index contributed by atoms with van der Waals surface area (Å²) < 4.78 is 0. The largest absolute Gasteiger partial charge is 0.325 e. The van der Waals surface area contributed by atoms with E-state index in [9.17, 15) is 4.79 Å². The van der Waals surface area contributed by atoms with Gasteiger partial charge in [0.1, 0.15) is 0 Å². The van der Waals surface area contributed by atoms with Crippen LogP contribution in [0.25, 0.3) is 6.08 Å². The molecule has 3 rings (SSSR count). The van der Waals surface area contributed by atoms with Gasteiger partial charge in [0, 0.05) is 11.6 Å². The van der Waals surface area contributed by atoms with Crippen LogP contribution in [-0.4, -0.2) is 5.91 Å². The highest BCUT2D eigenvalue weighted by Gasteiger charge is 2.41. The predicted molar refractivity (Wildman–Crippen MR) is 55.7 cm³/mol. The van der Waals surface area contributed by atoms with Crippen LogP contribution in [-0.2, 0) is 4.79 Å². The molecular formula is C12H11NO. The van der Waals surface area contributed by atoms with Gasteiger partial charge in [0.15, 0.2) is 0 Å². The van der Waals surface area contributed by atoms with Crippen molar-refractivity contribution in [3.63, 3.8) is 0 Å². The number of carbonyl (C=O) groups excluding carboxylic acids is 1. The molecule has 2 nitrogen and oxygen atoms in total. The van der Waals surface area contributed by atoms with Gasteiger partial charge in [0.2, 0.25) is 5.91 Å². The Morgan fingerprint density at radius 2 is 2.14 bits per heavy atom. The van der Waals surface area contributed by atoms with E-state index < -0.39 is 0 Å². The van der Waals surface area contributed by atoms with Gasteiger partial charge in [-0.25, -0.2) is 0 Å². The number of hydrogen-bond donors (Lipinski definition) is 1. The molecule has 1 amide bonds. The molecule has 0 unspecified atom stereocenters. The van der Waals surface area contributed by atoms with E-state index in [1.807, 2.05) is 24.3 Å². The van der Waals surface area contributed by atoms with E-state index in [2.05, 4.69) is 17.5 Å². The summed E-state index contributed by atoms with van der Waals surface area (Å²) in [5.74, 6) is 0.870. The smallest absolute Gasteiger partial charge is 0.228 e. The van der Waals surface area contributed by atoms with Crippen molar-refractivity contribution in [1.82, 2.24) is 0 Å². The molecule has 1 N–H and O–H groups in total. The second-order valence-electron chi connectivity index (χ2n) is 3.94. The standard InChI is InChI=1S/C12H11NO/c14-12-10-7-9(10)6-5-8-3-1-2-4-11(8)13-12/h1-6,9-10H,7H2,(H,13,14)/t9-,10-/m1/s1. The van der Waals surface area contributed by atoms with Gasteiger partial charge in [-0.1, -0.05) is 30.4 Å². The maximum atomic E-state index is 11.6. The number of anilines is 1. The maximum Gasteiger partial charge on any atom is 0.228 e. The minimum atomic E-state index is 0.173. The molecule has 0 bridgehead atoms. The van der Waals surface area contributed by atoms with Crippen LogP contribution in [0.5, 0.6) is 0 Å². The Hall–Kier alpha value is -1.57. The molecule has 1 fully saturated rings. The predicted octanol–water partition coefficient (Wildman–Crippen LogP) is 2.29. The highest BCUT2D eigenvalue weighted by molar-refractivity contribution is 5.97. The van der Waals surface area contributed by atoms with Crippen molar-refractivity contribution in [1.29, 1.82) is 0 Å². The molecule has 0 spiro atoms. The van der Waals surface area contributed by atoms with E-state index in [4.69, 9.17) is 0 Å². The number of allylic oxidation sites excluding steroid dienone is 1. The molecule has 2 aliphatic rings. The van der Waals surface area contributed by atoms with E-state index in [0.29, 0.717) is 5.92 Å². The molecule has 1 aliphatic heterocycles. The normalized spacial score (nSPS) is 28.1. The van der Waals surface area contributed by atoms with Gasteiger partial charge in [0.25, 0.3) is 0 Å². The van der Waals surface area contributed by atoms with E-state index in [1.54, 1.807) is 0 Å². The van der Waals surface area contributed by atoms with Crippen molar-refractivity contribution in [2.75, 3.05) is 5.32 Å². The van der Waals surface area contributed by atoms with Crippen LogP contribution in [0.1, 0.15) is 12.0 Å². The van der Waals surface area contributed by atoms with E-state index in [0.717, 1.165) is 17.7 Å². The molecule has 0 radical (unpaired) electrons. The van der Waals surface area contributed by atoms with Crippen molar-refractivity contribution >= 4 is 17.7 Å². The average Bonchev–Trinajstić information content (AvgIpc) is 2.93. The first-order valence-corrected chi connectivity index (χ1v) is 4.93. The van der Waals surface area contributed by atoms with Crippen LogP contribution >= 0.6 is 0 Å². The van der Waals surface area contributed by atoms with Crippen LogP contribution < -0.4 is 5.32 Å². The van der Waals surface area contributed by atoms with Crippen molar-refractivity contribution in [2.45, 2.75) is 6.42 Å². The monoisotopic (exact) mass is 185 g/mol. The first-order valence-electron chi connectivity index (χ1n) is 4.93. The molecule has 1 saturated carbocycles. The molecule has 2 atom stereocenters. The van der Waals surface area contributed by atoms with Gasteiger partial charge in [-0.3, -0.25) is 4.79 Å². The van der Waals surface area contributed by atoms with Gasteiger partial charge in [-0.05, 0) is 24.0 Å². The Balaban J connectivity index is 2.06. The first-order chi connectivity index (χ1) is 6.84. The number of para-hydroxylation sites is 1. The number of rotatable bonds is 0. The van der Waals surface area contributed by atoms with Crippen LogP contribution in [0.2, 0.25) is 0 Å². The Labute approximate surface area is 82.6 Å². The first kappa shape index (κ1) is 7.80. The van der Waals surface area contributed by atoms with Crippen LogP contribution in [0, 0.1) is 11.8 Å². The molecule has 2 heteroatoms. The van der Waals surface area contributed by atoms with Crippen LogP contribution in [0.15, 0.2) is 30.3 Å². The van der Waals surface area contributed by atoms with Crippen molar-refractivity contribution in [3.8, 4) is 0 Å². The molecular weight excluding hydrogens is 174 g/mol. The van der Waals surface area contributed by atoms with E-state index >= 15 is 0 Å². The molecule has 0 aromatic heterocycles. The Bertz CT molecular complexity index is 422. The molecule has 0 saturated heterocycles. The highest BCUT2D eigenvalue weighted by Crippen LogP contribution is 2.42. The summed E-state index contributed by atoms with van der Waals surface area (Å²) in [4.78, 5) is 11.6. The third kappa shape index (κ3) is 1.15. The molecule has 14 heavy (non-hydrogen) atoms. The Kier molecular flexibility index (Phi) is 1.51. The lowest BCUT2D eigenvalue weighted by Gasteiger charge is -2.09. The average molecular weight is 185 g/mol. The lowest BCUT2D eigenvalue weighted by molar-refractivity contribution is -0.117. The minimum absolute atomic E-state index is 0.173. The van der Waals surface area contributed by atoms with Gasteiger partial charge in [-0.15, -0.1) is 0 Å². The lowest BCUT2D eigenvalue weighted by Crippen LogP contribution is -2.16. The Morgan fingerprint density at radius 1 is 1.29 bits per heavy atom. The number of benzene rings is 1. The summed E-state index contributed by atoms with van der Waals surface area (Å²) in [5, 5.41) is 2.96. The zero-order chi connectivity index (χ0) is 9.54. The number of amides is 1. The quantitative estimate of drug-likeness (QED) is 0.660. The number of nitrogens with one attached hydrogen (secondary N) is 1. The number of carbonyl (C=O) groups is 1. The second kappa shape index (κ2) is 2.71. The zero-order valence-electron chi connectivity index (χ0n) is 7.73. The Morgan fingerprint density at radius 3 is 3.07 bits per heavy atom. The number of fused-ring (bicyclic) bond motifs is 2. The number of hydrogen-bond acceptors (Lipinski definition) is 1. The van der Waals surface area contributed by atoms with Crippen molar-refractivity contribution in [3.05, 3.63) is 35.9 Å². The maximum absolute atomic E-state index is 11.6. The molecule has 70 valence electrons. The van der Waals surface area contributed by atoms with Gasteiger partial charge >= 0.3 is 0 Å². The summed E-state index contributed by atoms with van der Waals surface area (Å²) in [6.45, 7) is 0. The highest BCUT2D eigenvalue weighted by atomic mass is 16.2. The SMILES string of the molecule is O=C1Nc2ccccc2C=C[C@@H]2C[C@@H]12. The lowest BCUT2D eigenvalue weighted by atomic mass is 10.1. The van der Waals surface area contributed by atoms with Crippen molar-refractivity contribution < 1.29 is 4.79 Å². The summed E-state index contributed by atoms with van der Waals surface area (Å²) in [7, 11) is 0. The van der Waals surface area contributed by atoms with Gasteiger partial charge in [0.05, 0.1) is 0 Å². The molecule has 1 aromatic rings. The van der Waals surface area contributed by atoms with E-state index in [-0.39, 0.29) is 11.8 Å². The van der Waals surface area contributed by atoms with Crippen LogP contribution in [0.4, 0.5) is 5.69 Å². The third-order valence-electron chi connectivity index (χ3n) is 2.92. The van der Waals surface area contributed by atoms with Gasteiger partial charge in [-0.2, -0.15) is 0 Å². The zero-order valence-corrected chi connectivity index (χ0v) is 7.73. The van der Waals surface area contributed by atoms with Gasteiger partial charge < -0.3 is 5.32 Å².